The van der Waals surface area contributed by atoms with Gasteiger partial charge in [0.15, 0.2) is 0 Å². The first-order valence-electron chi connectivity index (χ1n) is 6.18. The zero-order chi connectivity index (χ0) is 13.1. The molecule has 17 heavy (non-hydrogen) atoms. The third-order valence-electron chi connectivity index (χ3n) is 3.64. The van der Waals surface area contributed by atoms with E-state index in [-0.39, 0.29) is 0 Å². The van der Waals surface area contributed by atoms with E-state index in [9.17, 15) is 9.00 Å². The van der Waals surface area contributed by atoms with E-state index in [0.717, 1.165) is 19.4 Å². The molecular weight excluding hydrogens is 238 g/mol. The van der Waals surface area contributed by atoms with Crippen molar-refractivity contribution in [2.45, 2.75) is 50.3 Å². The Morgan fingerprint density at radius 3 is 2.65 bits per heavy atom. The second-order valence-corrected chi connectivity index (χ2v) is 7.40. The van der Waals surface area contributed by atoms with Gasteiger partial charge in [-0.2, -0.15) is 0 Å². The first-order valence-corrected chi connectivity index (χ1v) is 7.49. The zero-order valence-corrected chi connectivity index (χ0v) is 11.8. The summed E-state index contributed by atoms with van der Waals surface area (Å²) in [4.78, 5) is 13.3. The van der Waals surface area contributed by atoms with Crippen molar-refractivity contribution in [1.82, 2.24) is 4.90 Å². The van der Waals surface area contributed by atoms with Crippen LogP contribution in [-0.4, -0.2) is 50.3 Å². The summed E-state index contributed by atoms with van der Waals surface area (Å²) in [5, 5.41) is 9.00. The maximum atomic E-state index is 12.0. The van der Waals surface area contributed by atoms with Crippen LogP contribution in [-0.2, 0) is 15.6 Å². The lowest BCUT2D eigenvalue weighted by Gasteiger charge is -2.32. The lowest BCUT2D eigenvalue weighted by atomic mass is 10.0. The summed E-state index contributed by atoms with van der Waals surface area (Å²) >= 11 is 0. The van der Waals surface area contributed by atoms with Crippen molar-refractivity contribution in [2.24, 2.45) is 0 Å². The molecule has 1 N–H and O–H groups in total. The van der Waals surface area contributed by atoms with E-state index in [2.05, 4.69) is 11.9 Å². The Hall–Kier alpha value is -0.420. The van der Waals surface area contributed by atoms with Crippen molar-refractivity contribution in [2.75, 3.05) is 19.3 Å². The first-order chi connectivity index (χ1) is 7.85. The molecule has 5 heteroatoms. The minimum atomic E-state index is -1.30. The Morgan fingerprint density at radius 2 is 2.12 bits per heavy atom. The van der Waals surface area contributed by atoms with Crippen molar-refractivity contribution in [3.8, 4) is 0 Å². The highest BCUT2D eigenvalue weighted by Gasteiger charge is 2.34. The van der Waals surface area contributed by atoms with Crippen LogP contribution < -0.4 is 0 Å². The van der Waals surface area contributed by atoms with Gasteiger partial charge in [-0.05, 0) is 46.7 Å². The number of carboxylic acids is 1. The number of hydrogen-bond donors (Lipinski definition) is 1. The van der Waals surface area contributed by atoms with E-state index < -0.39 is 21.5 Å². The van der Waals surface area contributed by atoms with Gasteiger partial charge in [0.25, 0.3) is 0 Å². The minimum Gasteiger partial charge on any atom is -0.480 e. The molecule has 0 spiro atoms. The van der Waals surface area contributed by atoms with Crippen LogP contribution in [0, 0.1) is 0 Å². The molecule has 0 saturated carbocycles. The molecule has 2 atom stereocenters. The number of likely N-dealkylation sites (tertiary alicyclic amines) is 1. The Bertz CT molecular complexity index is 304. The van der Waals surface area contributed by atoms with Gasteiger partial charge in [0.2, 0.25) is 0 Å². The highest BCUT2D eigenvalue weighted by molar-refractivity contribution is 7.87. The predicted octanol–water partition coefficient (Wildman–Crippen LogP) is 1.47. The molecule has 1 rings (SSSR count). The van der Waals surface area contributed by atoms with Gasteiger partial charge in [0.1, 0.15) is 4.75 Å². The molecule has 1 heterocycles. The smallest absolute Gasteiger partial charge is 0.321 e. The van der Waals surface area contributed by atoms with E-state index in [0.29, 0.717) is 11.8 Å². The molecule has 1 aliphatic rings. The third-order valence-corrected chi connectivity index (χ3v) is 5.56. The lowest BCUT2D eigenvalue weighted by Crippen LogP contribution is -2.41. The van der Waals surface area contributed by atoms with Crippen LogP contribution in [0.4, 0.5) is 0 Å². The van der Waals surface area contributed by atoms with E-state index in [1.165, 1.54) is 26.7 Å². The van der Waals surface area contributed by atoms with Crippen LogP contribution >= 0.6 is 0 Å². The second kappa shape index (κ2) is 5.96. The number of carboxylic acid groups (broad SMARTS) is 1. The fourth-order valence-electron chi connectivity index (χ4n) is 2.10. The van der Waals surface area contributed by atoms with Gasteiger partial charge in [0, 0.05) is 22.6 Å². The van der Waals surface area contributed by atoms with Gasteiger partial charge >= 0.3 is 5.97 Å². The van der Waals surface area contributed by atoms with Gasteiger partial charge < -0.3 is 10.0 Å². The fraction of sp³-hybridized carbons (Fsp3) is 0.917. The van der Waals surface area contributed by atoms with Crippen LogP contribution in [0.1, 0.15) is 39.5 Å². The normalized spacial score (nSPS) is 24.5. The van der Waals surface area contributed by atoms with Gasteiger partial charge in [-0.25, -0.2) is 0 Å². The van der Waals surface area contributed by atoms with Gasteiger partial charge in [-0.3, -0.25) is 9.00 Å². The van der Waals surface area contributed by atoms with Crippen molar-refractivity contribution in [3.63, 3.8) is 0 Å². The average molecular weight is 261 g/mol. The first kappa shape index (κ1) is 14.6. The van der Waals surface area contributed by atoms with E-state index in [4.69, 9.17) is 5.11 Å². The SMILES string of the molecule is CN1CCCCC1CCS(=O)C(C)(C)C(=O)O. The molecule has 1 saturated heterocycles. The number of rotatable bonds is 5. The summed E-state index contributed by atoms with van der Waals surface area (Å²) in [5.41, 5.74) is 0. The Morgan fingerprint density at radius 1 is 1.47 bits per heavy atom. The van der Waals surface area contributed by atoms with Crippen LogP contribution in [0.25, 0.3) is 0 Å². The number of nitrogens with zero attached hydrogens (tertiary/aromatic N) is 1. The Labute approximate surface area is 106 Å². The molecule has 0 aromatic heterocycles. The van der Waals surface area contributed by atoms with Crippen LogP contribution in [0.3, 0.4) is 0 Å². The number of aliphatic carboxylic acids is 1. The summed E-state index contributed by atoms with van der Waals surface area (Å²) in [5.74, 6) is -0.498. The molecule has 1 aliphatic heterocycles. The summed E-state index contributed by atoms with van der Waals surface area (Å²) in [7, 11) is 0.789. The molecule has 0 aromatic rings. The monoisotopic (exact) mass is 261 g/mol. The highest BCUT2D eigenvalue weighted by Crippen LogP contribution is 2.20. The molecule has 2 unspecified atom stereocenters. The van der Waals surface area contributed by atoms with Gasteiger partial charge in [-0.1, -0.05) is 6.42 Å². The third kappa shape index (κ3) is 3.78. The number of carbonyl (C=O) groups is 1. The van der Waals surface area contributed by atoms with E-state index in [1.54, 1.807) is 0 Å². The van der Waals surface area contributed by atoms with Crippen molar-refractivity contribution in [3.05, 3.63) is 0 Å². The van der Waals surface area contributed by atoms with Crippen LogP contribution in [0.2, 0.25) is 0 Å². The average Bonchev–Trinajstić information content (AvgIpc) is 2.27. The largest absolute Gasteiger partial charge is 0.480 e. The van der Waals surface area contributed by atoms with Gasteiger partial charge in [-0.15, -0.1) is 0 Å². The topological polar surface area (TPSA) is 57.6 Å². The predicted molar refractivity (Wildman–Crippen MR) is 69.6 cm³/mol. The Balaban J connectivity index is 2.45. The molecule has 4 nitrogen and oxygen atoms in total. The van der Waals surface area contributed by atoms with Crippen molar-refractivity contribution < 1.29 is 14.1 Å². The molecule has 0 bridgehead atoms. The quantitative estimate of drug-likeness (QED) is 0.814. The number of piperidine rings is 1. The maximum absolute atomic E-state index is 12.0. The second-order valence-electron chi connectivity index (χ2n) is 5.28. The van der Waals surface area contributed by atoms with E-state index >= 15 is 0 Å². The summed E-state index contributed by atoms with van der Waals surface area (Å²) in [6.45, 7) is 4.17. The van der Waals surface area contributed by atoms with E-state index in [1.807, 2.05) is 0 Å². The maximum Gasteiger partial charge on any atom is 0.321 e. The van der Waals surface area contributed by atoms with Crippen LogP contribution in [0.5, 0.6) is 0 Å². The lowest BCUT2D eigenvalue weighted by molar-refractivity contribution is -0.139. The van der Waals surface area contributed by atoms with Crippen molar-refractivity contribution in [1.29, 1.82) is 0 Å². The number of hydrogen-bond acceptors (Lipinski definition) is 3. The molecule has 0 aromatic carbocycles. The molecule has 100 valence electrons. The molecule has 1 fully saturated rings. The Kier molecular flexibility index (Phi) is 5.13. The summed E-state index contributed by atoms with van der Waals surface area (Å²) in [6, 6.07) is 0.470. The molecule has 0 radical (unpaired) electrons. The van der Waals surface area contributed by atoms with Gasteiger partial charge in [0.05, 0.1) is 0 Å². The molecule has 0 aliphatic carbocycles. The molecule has 0 amide bonds. The zero-order valence-electron chi connectivity index (χ0n) is 10.9. The standard InChI is InChI=1S/C12H23NO3S/c1-12(2,11(14)15)17(16)9-7-10-6-4-5-8-13(10)3/h10H,4-9H2,1-3H3,(H,14,15). The summed E-state index contributed by atoms with van der Waals surface area (Å²) in [6.07, 6.45) is 4.43. The fourth-order valence-corrected chi connectivity index (χ4v) is 3.30. The van der Waals surface area contributed by atoms with Crippen molar-refractivity contribution >= 4 is 16.8 Å². The highest BCUT2D eigenvalue weighted by atomic mass is 32.2. The summed E-state index contributed by atoms with van der Waals surface area (Å²) < 4.78 is 10.8. The minimum absolute atomic E-state index is 0.470. The molecular formula is C12H23NO3S. The van der Waals surface area contributed by atoms with Crippen LogP contribution in [0.15, 0.2) is 0 Å².